The van der Waals surface area contributed by atoms with Gasteiger partial charge in [0.2, 0.25) is 0 Å². The molecule has 1 aromatic heterocycles. The molecule has 6 nitrogen and oxygen atoms in total. The number of nitrogens with zero attached hydrogens (tertiary/aromatic N) is 2. The summed E-state index contributed by atoms with van der Waals surface area (Å²) >= 11 is 1.25. The van der Waals surface area contributed by atoms with Crippen LogP contribution >= 0.6 is 11.3 Å². The number of aromatic nitrogens is 1. The molecule has 0 saturated carbocycles. The molecule has 0 spiro atoms. The fraction of sp³-hybridized carbons (Fsp3) is 0.583. The minimum atomic E-state index is -1.05. The van der Waals surface area contributed by atoms with Crippen molar-refractivity contribution in [2.45, 2.75) is 26.3 Å². The highest BCUT2D eigenvalue weighted by Gasteiger charge is 2.25. The van der Waals surface area contributed by atoms with Crippen LogP contribution in [0.2, 0.25) is 0 Å². The molecule has 1 aromatic rings. The molecule has 1 aliphatic heterocycles. The van der Waals surface area contributed by atoms with Crippen molar-refractivity contribution in [1.29, 1.82) is 0 Å². The van der Waals surface area contributed by atoms with E-state index in [9.17, 15) is 9.59 Å². The molecule has 1 saturated heterocycles. The summed E-state index contributed by atoms with van der Waals surface area (Å²) in [6, 6.07) is -0.384. The smallest absolute Gasteiger partial charge is 0.355 e. The molecule has 0 radical (unpaired) electrons. The Morgan fingerprint density at radius 2 is 2.37 bits per heavy atom. The number of aromatic carboxylic acids is 1. The summed E-state index contributed by atoms with van der Waals surface area (Å²) in [7, 11) is 0. The van der Waals surface area contributed by atoms with E-state index in [2.05, 4.69) is 17.2 Å². The standard InChI is InChI=1S/C12H17N3O3S/c1-7-3-4-15(5-7)12(18)13-8(2)10-14-9(6-19-10)11(16)17/h6-8H,3-5H2,1-2H3,(H,13,18)(H,16,17). The first-order valence-corrected chi connectivity index (χ1v) is 7.09. The van der Waals surface area contributed by atoms with Gasteiger partial charge in [-0.3, -0.25) is 0 Å². The van der Waals surface area contributed by atoms with Gasteiger partial charge in [0, 0.05) is 18.5 Å². The predicted molar refractivity (Wildman–Crippen MR) is 71.4 cm³/mol. The van der Waals surface area contributed by atoms with Gasteiger partial charge in [0.05, 0.1) is 6.04 Å². The van der Waals surface area contributed by atoms with Crippen molar-refractivity contribution < 1.29 is 14.7 Å². The molecule has 2 heterocycles. The van der Waals surface area contributed by atoms with E-state index in [0.29, 0.717) is 10.9 Å². The van der Waals surface area contributed by atoms with Gasteiger partial charge in [0.1, 0.15) is 5.01 Å². The Morgan fingerprint density at radius 3 is 2.89 bits per heavy atom. The Bertz CT molecular complexity index is 488. The second kappa shape index (κ2) is 5.56. The summed E-state index contributed by atoms with van der Waals surface area (Å²) in [5, 5.41) is 13.8. The summed E-state index contributed by atoms with van der Waals surface area (Å²) in [6.45, 7) is 5.48. The third kappa shape index (κ3) is 3.23. The van der Waals surface area contributed by atoms with Crippen LogP contribution in [0.25, 0.3) is 0 Å². The molecule has 2 rings (SSSR count). The fourth-order valence-electron chi connectivity index (χ4n) is 2.04. The molecular formula is C12H17N3O3S. The number of urea groups is 1. The Labute approximate surface area is 115 Å². The Morgan fingerprint density at radius 1 is 1.63 bits per heavy atom. The van der Waals surface area contributed by atoms with Crippen molar-refractivity contribution in [1.82, 2.24) is 15.2 Å². The predicted octanol–water partition coefficient (Wildman–Crippen LogP) is 1.95. The number of hydrogen-bond donors (Lipinski definition) is 2. The SMILES string of the molecule is CC1CCN(C(=O)NC(C)c2nc(C(=O)O)cs2)C1. The average Bonchev–Trinajstić information content (AvgIpc) is 2.96. The second-order valence-electron chi connectivity index (χ2n) is 4.89. The molecule has 2 amide bonds. The number of carbonyl (C=O) groups excluding carboxylic acids is 1. The Balaban J connectivity index is 1.94. The average molecular weight is 283 g/mol. The third-order valence-corrected chi connectivity index (χ3v) is 4.19. The van der Waals surface area contributed by atoms with E-state index in [1.807, 2.05) is 6.92 Å². The van der Waals surface area contributed by atoms with Crippen molar-refractivity contribution >= 4 is 23.3 Å². The lowest BCUT2D eigenvalue weighted by molar-refractivity contribution is 0.0691. The number of carbonyl (C=O) groups is 2. The van der Waals surface area contributed by atoms with Crippen molar-refractivity contribution in [2.75, 3.05) is 13.1 Å². The largest absolute Gasteiger partial charge is 0.476 e. The summed E-state index contributed by atoms with van der Waals surface area (Å²) in [4.78, 5) is 28.5. The molecule has 2 N–H and O–H groups in total. The zero-order chi connectivity index (χ0) is 14.0. The van der Waals surface area contributed by atoms with Gasteiger partial charge in [-0.15, -0.1) is 11.3 Å². The molecule has 19 heavy (non-hydrogen) atoms. The van der Waals surface area contributed by atoms with Crippen LogP contribution in [0.4, 0.5) is 4.79 Å². The highest BCUT2D eigenvalue weighted by molar-refractivity contribution is 7.09. The minimum Gasteiger partial charge on any atom is -0.476 e. The maximum atomic E-state index is 12.0. The molecule has 0 aromatic carbocycles. The van der Waals surface area contributed by atoms with E-state index in [1.54, 1.807) is 4.90 Å². The molecule has 2 unspecified atom stereocenters. The lowest BCUT2D eigenvalue weighted by Gasteiger charge is -2.19. The van der Waals surface area contributed by atoms with Gasteiger partial charge in [-0.2, -0.15) is 0 Å². The van der Waals surface area contributed by atoms with Gasteiger partial charge in [0.15, 0.2) is 5.69 Å². The van der Waals surface area contributed by atoms with Gasteiger partial charge in [0.25, 0.3) is 0 Å². The monoisotopic (exact) mass is 283 g/mol. The van der Waals surface area contributed by atoms with Crippen molar-refractivity contribution in [3.05, 3.63) is 16.1 Å². The second-order valence-corrected chi connectivity index (χ2v) is 5.78. The van der Waals surface area contributed by atoms with Crippen molar-refractivity contribution in [2.24, 2.45) is 5.92 Å². The van der Waals surface area contributed by atoms with Gasteiger partial charge in [-0.05, 0) is 19.3 Å². The minimum absolute atomic E-state index is 0.0240. The van der Waals surface area contributed by atoms with Gasteiger partial charge in [-0.25, -0.2) is 14.6 Å². The number of nitrogens with one attached hydrogen (secondary N) is 1. The summed E-state index contributed by atoms with van der Waals surface area (Å²) < 4.78 is 0. The zero-order valence-electron chi connectivity index (χ0n) is 10.9. The van der Waals surface area contributed by atoms with Gasteiger partial charge in [-0.1, -0.05) is 6.92 Å². The van der Waals surface area contributed by atoms with Crippen molar-refractivity contribution in [3.63, 3.8) is 0 Å². The van der Waals surface area contributed by atoms with Crippen LogP contribution in [0.1, 0.15) is 41.8 Å². The van der Waals surface area contributed by atoms with E-state index in [0.717, 1.165) is 19.5 Å². The number of carboxylic acids is 1. The summed E-state index contributed by atoms with van der Waals surface area (Å²) in [5.41, 5.74) is 0.0240. The first-order valence-electron chi connectivity index (χ1n) is 6.21. The quantitative estimate of drug-likeness (QED) is 0.888. The lowest BCUT2D eigenvalue weighted by atomic mass is 10.2. The van der Waals surface area contributed by atoms with Crippen molar-refractivity contribution in [3.8, 4) is 0 Å². The van der Waals surface area contributed by atoms with Gasteiger partial charge < -0.3 is 15.3 Å². The summed E-state index contributed by atoms with van der Waals surface area (Å²) in [6.07, 6.45) is 1.03. The highest BCUT2D eigenvalue weighted by atomic mass is 32.1. The molecule has 2 atom stereocenters. The molecule has 0 bridgehead atoms. The van der Waals surface area contributed by atoms with Crippen LogP contribution in [0, 0.1) is 5.92 Å². The molecule has 1 fully saturated rings. The highest BCUT2D eigenvalue weighted by Crippen LogP contribution is 2.20. The topological polar surface area (TPSA) is 82.5 Å². The first-order chi connectivity index (χ1) is 8.97. The molecule has 0 aliphatic carbocycles. The Hall–Kier alpha value is -1.63. The van der Waals surface area contributed by atoms with Crippen LogP contribution in [0.15, 0.2) is 5.38 Å². The summed E-state index contributed by atoms with van der Waals surface area (Å²) in [5.74, 6) is -0.506. The number of hydrogen-bond acceptors (Lipinski definition) is 4. The molecule has 104 valence electrons. The third-order valence-electron chi connectivity index (χ3n) is 3.16. The molecular weight excluding hydrogens is 266 g/mol. The normalized spacial score (nSPS) is 20.3. The maximum Gasteiger partial charge on any atom is 0.355 e. The fourth-order valence-corrected chi connectivity index (χ4v) is 2.84. The molecule has 7 heteroatoms. The Kier molecular flexibility index (Phi) is 4.04. The van der Waals surface area contributed by atoms with E-state index < -0.39 is 5.97 Å². The molecule has 1 aliphatic rings. The lowest BCUT2D eigenvalue weighted by Crippen LogP contribution is -2.39. The maximum absolute atomic E-state index is 12.0. The van der Waals surface area contributed by atoms with Crippen LogP contribution in [-0.2, 0) is 0 Å². The van der Waals surface area contributed by atoms with Crippen LogP contribution < -0.4 is 5.32 Å². The number of likely N-dealkylation sites (tertiary alicyclic amines) is 1. The van der Waals surface area contributed by atoms with E-state index >= 15 is 0 Å². The zero-order valence-corrected chi connectivity index (χ0v) is 11.7. The number of amides is 2. The van der Waals surface area contributed by atoms with E-state index in [-0.39, 0.29) is 17.8 Å². The number of carboxylic acid groups (broad SMARTS) is 1. The van der Waals surface area contributed by atoms with Crippen LogP contribution in [0.5, 0.6) is 0 Å². The number of rotatable bonds is 3. The van der Waals surface area contributed by atoms with Crippen LogP contribution in [0.3, 0.4) is 0 Å². The van der Waals surface area contributed by atoms with E-state index in [1.165, 1.54) is 16.7 Å². The van der Waals surface area contributed by atoms with E-state index in [4.69, 9.17) is 5.11 Å². The first kappa shape index (κ1) is 13.8. The number of thiazole rings is 1. The van der Waals surface area contributed by atoms with Gasteiger partial charge >= 0.3 is 12.0 Å². The van der Waals surface area contributed by atoms with Crippen LogP contribution in [-0.4, -0.2) is 40.1 Å².